The summed E-state index contributed by atoms with van der Waals surface area (Å²) in [6.45, 7) is 5.07. The van der Waals surface area contributed by atoms with Crippen LogP contribution in [0.3, 0.4) is 0 Å². The number of anilines is 2. The van der Waals surface area contributed by atoms with Crippen LogP contribution < -0.4 is 10.2 Å². The van der Waals surface area contributed by atoms with Crippen LogP contribution in [0.2, 0.25) is 0 Å². The number of carbonyl (C=O) groups is 2. The zero-order valence-corrected chi connectivity index (χ0v) is 16.4. The Balaban J connectivity index is 2.24. The van der Waals surface area contributed by atoms with E-state index < -0.39 is 10.8 Å². The van der Waals surface area contributed by atoms with E-state index in [-0.39, 0.29) is 17.2 Å². The van der Waals surface area contributed by atoms with Crippen LogP contribution in [0.25, 0.3) is 0 Å². The lowest BCUT2D eigenvalue weighted by atomic mass is 10.1. The van der Waals surface area contributed by atoms with Crippen molar-refractivity contribution in [1.82, 2.24) is 4.90 Å². The molecule has 2 aromatic rings. The average molecular weight is 384 g/mol. The van der Waals surface area contributed by atoms with Crippen molar-refractivity contribution >= 4 is 28.9 Å². The van der Waals surface area contributed by atoms with Crippen molar-refractivity contribution in [1.29, 1.82) is 0 Å². The van der Waals surface area contributed by atoms with E-state index in [0.717, 1.165) is 0 Å². The van der Waals surface area contributed by atoms with Gasteiger partial charge in [-0.2, -0.15) is 0 Å². The Kier molecular flexibility index (Phi) is 6.70. The summed E-state index contributed by atoms with van der Waals surface area (Å²) in [5, 5.41) is 13.8. The second-order valence-electron chi connectivity index (χ2n) is 6.36. The van der Waals surface area contributed by atoms with Crippen LogP contribution in [0.1, 0.15) is 34.6 Å². The molecular formula is C20H24N4O4. The van der Waals surface area contributed by atoms with E-state index in [1.165, 1.54) is 12.1 Å². The fourth-order valence-electron chi connectivity index (χ4n) is 2.80. The summed E-state index contributed by atoms with van der Waals surface area (Å²) in [7, 11) is 3.51. The van der Waals surface area contributed by atoms with Crippen molar-refractivity contribution in [2.75, 3.05) is 37.4 Å². The molecule has 0 aliphatic rings. The van der Waals surface area contributed by atoms with Crippen LogP contribution in [0, 0.1) is 10.1 Å². The quantitative estimate of drug-likeness (QED) is 0.583. The van der Waals surface area contributed by atoms with Crippen LogP contribution in [0.15, 0.2) is 42.5 Å². The largest absolute Gasteiger partial charge is 0.377 e. The Labute approximate surface area is 163 Å². The molecule has 0 bridgehead atoms. The first-order chi connectivity index (χ1) is 13.3. The third-order valence-electron chi connectivity index (χ3n) is 4.36. The number of nitrogens with zero attached hydrogens (tertiary/aromatic N) is 3. The van der Waals surface area contributed by atoms with Gasteiger partial charge in [-0.3, -0.25) is 19.7 Å². The van der Waals surface area contributed by atoms with Gasteiger partial charge in [-0.15, -0.1) is 0 Å². The van der Waals surface area contributed by atoms with Crippen molar-refractivity contribution in [2.45, 2.75) is 13.8 Å². The average Bonchev–Trinajstić information content (AvgIpc) is 2.68. The second kappa shape index (κ2) is 8.98. The number of non-ortho nitro benzene ring substituents is 1. The number of amides is 2. The Morgan fingerprint density at radius 2 is 1.64 bits per heavy atom. The molecule has 0 saturated heterocycles. The van der Waals surface area contributed by atoms with Crippen molar-refractivity contribution in [3.8, 4) is 0 Å². The molecule has 0 aliphatic carbocycles. The summed E-state index contributed by atoms with van der Waals surface area (Å²) >= 11 is 0. The lowest BCUT2D eigenvalue weighted by molar-refractivity contribution is -0.384. The SMILES string of the molecule is CCN(CC)C(=O)c1ccc(NC(=O)c2cc([N+](=O)[O-])ccc2N(C)C)cc1. The predicted molar refractivity (Wildman–Crippen MR) is 109 cm³/mol. The van der Waals surface area contributed by atoms with Gasteiger partial charge in [0.05, 0.1) is 10.5 Å². The summed E-state index contributed by atoms with van der Waals surface area (Å²) in [6, 6.07) is 10.7. The van der Waals surface area contributed by atoms with Gasteiger partial charge in [0.15, 0.2) is 0 Å². The van der Waals surface area contributed by atoms with Crippen molar-refractivity contribution in [3.05, 3.63) is 63.7 Å². The predicted octanol–water partition coefficient (Wildman–Crippen LogP) is 3.40. The number of nitro groups is 1. The smallest absolute Gasteiger partial charge is 0.270 e. The Bertz CT molecular complexity index is 874. The molecule has 0 aromatic heterocycles. The molecule has 0 aliphatic heterocycles. The Morgan fingerprint density at radius 3 is 2.14 bits per heavy atom. The summed E-state index contributed by atoms with van der Waals surface area (Å²) in [5.41, 5.74) is 1.64. The molecule has 0 unspecified atom stereocenters. The molecule has 0 heterocycles. The number of nitrogens with one attached hydrogen (secondary N) is 1. The summed E-state index contributed by atoms with van der Waals surface area (Å²) < 4.78 is 0. The molecule has 148 valence electrons. The van der Waals surface area contributed by atoms with Crippen LogP contribution in [-0.2, 0) is 0 Å². The highest BCUT2D eigenvalue weighted by Crippen LogP contribution is 2.25. The van der Waals surface area contributed by atoms with E-state index in [9.17, 15) is 19.7 Å². The zero-order chi connectivity index (χ0) is 20.8. The van der Waals surface area contributed by atoms with E-state index in [1.54, 1.807) is 54.2 Å². The number of hydrogen-bond acceptors (Lipinski definition) is 5. The fourth-order valence-corrected chi connectivity index (χ4v) is 2.80. The molecule has 8 heteroatoms. The molecule has 0 saturated carbocycles. The lowest BCUT2D eigenvalue weighted by Gasteiger charge is -2.19. The van der Waals surface area contributed by atoms with Crippen molar-refractivity contribution in [3.63, 3.8) is 0 Å². The van der Waals surface area contributed by atoms with Gasteiger partial charge in [-0.1, -0.05) is 0 Å². The van der Waals surface area contributed by atoms with Gasteiger partial charge >= 0.3 is 0 Å². The minimum Gasteiger partial charge on any atom is -0.377 e. The van der Waals surface area contributed by atoms with Gasteiger partial charge in [0.25, 0.3) is 17.5 Å². The number of hydrogen-bond donors (Lipinski definition) is 1. The molecule has 0 spiro atoms. The second-order valence-corrected chi connectivity index (χ2v) is 6.36. The summed E-state index contributed by atoms with van der Waals surface area (Å²) in [4.78, 5) is 39.0. The van der Waals surface area contributed by atoms with E-state index >= 15 is 0 Å². The van der Waals surface area contributed by atoms with Gasteiger partial charge in [0.1, 0.15) is 0 Å². The highest BCUT2D eigenvalue weighted by Gasteiger charge is 2.18. The van der Waals surface area contributed by atoms with Gasteiger partial charge in [-0.25, -0.2) is 0 Å². The molecule has 0 fully saturated rings. The molecule has 28 heavy (non-hydrogen) atoms. The fraction of sp³-hybridized carbons (Fsp3) is 0.300. The van der Waals surface area contributed by atoms with E-state index in [1.807, 2.05) is 13.8 Å². The maximum absolute atomic E-state index is 12.7. The Morgan fingerprint density at radius 1 is 1.04 bits per heavy atom. The summed E-state index contributed by atoms with van der Waals surface area (Å²) in [5.74, 6) is -0.535. The number of nitro benzene ring substituents is 1. The topological polar surface area (TPSA) is 95.8 Å². The first-order valence-corrected chi connectivity index (χ1v) is 8.94. The standard InChI is InChI=1S/C20H24N4O4/c1-5-23(6-2)20(26)14-7-9-15(10-8-14)21-19(25)17-13-16(24(27)28)11-12-18(17)22(3)4/h7-13H,5-6H2,1-4H3,(H,21,25). The molecule has 2 amide bonds. The van der Waals surface area contributed by atoms with Crippen LogP contribution in [-0.4, -0.2) is 48.8 Å². The molecule has 8 nitrogen and oxygen atoms in total. The first kappa shape index (κ1) is 20.9. The number of carbonyl (C=O) groups excluding carboxylic acids is 2. The van der Waals surface area contributed by atoms with Crippen molar-refractivity contribution in [2.24, 2.45) is 0 Å². The Hall–Kier alpha value is -3.42. The molecular weight excluding hydrogens is 360 g/mol. The number of rotatable bonds is 7. The highest BCUT2D eigenvalue weighted by atomic mass is 16.6. The molecule has 1 N–H and O–H groups in total. The van der Waals surface area contributed by atoms with Gasteiger partial charge in [0.2, 0.25) is 0 Å². The third-order valence-corrected chi connectivity index (χ3v) is 4.36. The van der Waals surface area contributed by atoms with Crippen LogP contribution in [0.4, 0.5) is 17.1 Å². The first-order valence-electron chi connectivity index (χ1n) is 8.94. The monoisotopic (exact) mass is 384 g/mol. The zero-order valence-electron chi connectivity index (χ0n) is 16.4. The summed E-state index contributed by atoms with van der Waals surface area (Å²) in [6.07, 6.45) is 0. The molecule has 0 atom stereocenters. The van der Waals surface area contributed by atoms with E-state index in [0.29, 0.717) is 30.0 Å². The molecule has 0 radical (unpaired) electrons. The van der Waals surface area contributed by atoms with Gasteiger partial charge in [0, 0.05) is 56.3 Å². The van der Waals surface area contributed by atoms with E-state index in [2.05, 4.69) is 5.32 Å². The lowest BCUT2D eigenvalue weighted by Crippen LogP contribution is -2.30. The maximum Gasteiger partial charge on any atom is 0.270 e. The number of benzene rings is 2. The van der Waals surface area contributed by atoms with E-state index in [4.69, 9.17) is 0 Å². The maximum atomic E-state index is 12.7. The van der Waals surface area contributed by atoms with Crippen LogP contribution in [0.5, 0.6) is 0 Å². The van der Waals surface area contributed by atoms with Crippen LogP contribution >= 0.6 is 0 Å². The van der Waals surface area contributed by atoms with Gasteiger partial charge in [-0.05, 0) is 44.2 Å². The van der Waals surface area contributed by atoms with Gasteiger partial charge < -0.3 is 15.1 Å². The highest BCUT2D eigenvalue weighted by molar-refractivity contribution is 6.08. The molecule has 2 aromatic carbocycles. The minimum absolute atomic E-state index is 0.0727. The third kappa shape index (κ3) is 4.64. The molecule has 2 rings (SSSR count). The van der Waals surface area contributed by atoms with Crippen molar-refractivity contribution < 1.29 is 14.5 Å². The minimum atomic E-state index is -0.538. The normalized spacial score (nSPS) is 10.3.